The number of nitrogens with zero attached hydrogens (tertiary/aromatic N) is 4. The zero-order valence-corrected chi connectivity index (χ0v) is 20.3. The molecule has 1 atom stereocenters. The van der Waals surface area contributed by atoms with E-state index in [1.807, 2.05) is 26.8 Å². The fourth-order valence-corrected chi connectivity index (χ4v) is 4.75. The van der Waals surface area contributed by atoms with Crippen LogP contribution in [0.1, 0.15) is 48.8 Å². The van der Waals surface area contributed by atoms with E-state index in [1.165, 1.54) is 6.33 Å². The molecule has 4 heterocycles. The van der Waals surface area contributed by atoms with Gasteiger partial charge in [0.2, 0.25) is 5.88 Å². The average Bonchev–Trinajstić information content (AvgIpc) is 3.12. The van der Waals surface area contributed by atoms with Crippen LogP contribution in [0.3, 0.4) is 0 Å². The van der Waals surface area contributed by atoms with E-state index in [4.69, 9.17) is 9.47 Å². The number of rotatable bonds is 5. The highest BCUT2D eigenvalue weighted by atomic mass is 32.1. The van der Waals surface area contributed by atoms with Gasteiger partial charge in [0, 0.05) is 12.7 Å². The van der Waals surface area contributed by atoms with Crippen molar-refractivity contribution in [3.63, 3.8) is 0 Å². The minimum atomic E-state index is -0.997. The van der Waals surface area contributed by atoms with E-state index in [2.05, 4.69) is 20.3 Å². The molecule has 0 saturated carbocycles. The summed E-state index contributed by atoms with van der Waals surface area (Å²) >= 11 is 1.11. The van der Waals surface area contributed by atoms with E-state index in [0.717, 1.165) is 24.2 Å². The van der Waals surface area contributed by atoms with Crippen molar-refractivity contribution in [3.8, 4) is 5.88 Å². The molecule has 11 heteroatoms. The van der Waals surface area contributed by atoms with Crippen LogP contribution in [0.15, 0.2) is 24.7 Å². The Balaban J connectivity index is 1.54. The molecular formula is C23H27N5O5S. The second-order valence-corrected chi connectivity index (χ2v) is 10.1. The van der Waals surface area contributed by atoms with Crippen molar-refractivity contribution in [2.24, 2.45) is 0 Å². The molecule has 1 fully saturated rings. The molecule has 0 spiro atoms. The predicted molar refractivity (Wildman–Crippen MR) is 128 cm³/mol. The number of hydrogen-bond acceptors (Lipinski definition) is 9. The largest absolute Gasteiger partial charge is 0.477 e. The first-order valence-corrected chi connectivity index (χ1v) is 11.8. The van der Waals surface area contributed by atoms with Gasteiger partial charge in [0.1, 0.15) is 39.2 Å². The zero-order valence-electron chi connectivity index (χ0n) is 19.5. The monoisotopic (exact) mass is 485 g/mol. The molecule has 2 N–H and O–H groups in total. The Labute approximate surface area is 200 Å². The van der Waals surface area contributed by atoms with Crippen LogP contribution < -0.4 is 10.1 Å². The quantitative estimate of drug-likeness (QED) is 0.532. The van der Waals surface area contributed by atoms with Crippen molar-refractivity contribution in [1.82, 2.24) is 19.9 Å². The number of piperidine rings is 1. The Morgan fingerprint density at radius 1 is 1.26 bits per heavy atom. The molecule has 34 heavy (non-hydrogen) atoms. The lowest BCUT2D eigenvalue weighted by atomic mass is 10.1. The third kappa shape index (κ3) is 5.19. The first kappa shape index (κ1) is 23.7. The molecule has 1 saturated heterocycles. The number of likely N-dealkylation sites (tertiary alicyclic amines) is 1. The third-order valence-electron chi connectivity index (χ3n) is 5.25. The Kier molecular flexibility index (Phi) is 6.56. The summed E-state index contributed by atoms with van der Waals surface area (Å²) in [5.41, 5.74) is 0.619. The van der Waals surface area contributed by atoms with Crippen molar-refractivity contribution in [2.75, 3.05) is 18.4 Å². The molecule has 0 radical (unpaired) electrons. The van der Waals surface area contributed by atoms with E-state index >= 15 is 0 Å². The number of carbonyl (C=O) groups excluding carboxylic acids is 1. The lowest BCUT2D eigenvalue weighted by Gasteiger charge is -2.34. The molecule has 0 bridgehead atoms. The minimum Gasteiger partial charge on any atom is -0.477 e. The van der Waals surface area contributed by atoms with Crippen LogP contribution in [0, 0.1) is 6.92 Å². The number of aromatic carboxylic acids is 1. The van der Waals surface area contributed by atoms with E-state index in [1.54, 1.807) is 24.1 Å². The highest BCUT2D eigenvalue weighted by molar-refractivity contribution is 7.20. The number of nitrogens with one attached hydrogen (secondary N) is 1. The first-order valence-electron chi connectivity index (χ1n) is 11.0. The van der Waals surface area contributed by atoms with Gasteiger partial charge in [-0.25, -0.2) is 24.5 Å². The second-order valence-electron chi connectivity index (χ2n) is 9.05. The van der Waals surface area contributed by atoms with E-state index in [-0.39, 0.29) is 17.1 Å². The van der Waals surface area contributed by atoms with Crippen LogP contribution in [0.5, 0.6) is 5.88 Å². The summed E-state index contributed by atoms with van der Waals surface area (Å²) < 4.78 is 11.7. The number of carboxylic acid groups (broad SMARTS) is 1. The molecular weight excluding hydrogens is 458 g/mol. The normalized spacial score (nSPS) is 16.4. The molecule has 1 amide bonds. The summed E-state index contributed by atoms with van der Waals surface area (Å²) in [6.45, 7) is 8.28. The molecule has 1 aliphatic rings. The van der Waals surface area contributed by atoms with Crippen molar-refractivity contribution >= 4 is 45.1 Å². The van der Waals surface area contributed by atoms with Crippen LogP contribution >= 0.6 is 11.3 Å². The minimum absolute atomic E-state index is 0.227. The number of anilines is 2. The van der Waals surface area contributed by atoms with E-state index in [9.17, 15) is 14.7 Å². The van der Waals surface area contributed by atoms with Gasteiger partial charge >= 0.3 is 12.1 Å². The predicted octanol–water partition coefficient (Wildman–Crippen LogP) is 4.61. The van der Waals surface area contributed by atoms with Crippen LogP contribution in [0.4, 0.5) is 16.3 Å². The van der Waals surface area contributed by atoms with Crippen molar-refractivity contribution in [2.45, 2.75) is 52.2 Å². The van der Waals surface area contributed by atoms with Gasteiger partial charge in [-0.2, -0.15) is 0 Å². The number of fused-ring (bicyclic) bond motifs is 1. The smallest absolute Gasteiger partial charge is 0.410 e. The summed E-state index contributed by atoms with van der Waals surface area (Å²) in [4.78, 5) is 39.5. The van der Waals surface area contributed by atoms with Gasteiger partial charge in [-0.3, -0.25) is 0 Å². The highest BCUT2D eigenvalue weighted by Crippen LogP contribution is 2.36. The van der Waals surface area contributed by atoms with Gasteiger partial charge in [0.25, 0.3) is 0 Å². The second kappa shape index (κ2) is 9.41. The average molecular weight is 486 g/mol. The number of carbonyl (C=O) groups is 2. The number of aryl methyl sites for hydroxylation is 1. The first-order chi connectivity index (χ1) is 16.1. The van der Waals surface area contributed by atoms with Crippen molar-refractivity contribution in [1.29, 1.82) is 0 Å². The number of aromatic nitrogens is 3. The Bertz CT molecular complexity index is 1220. The lowest BCUT2D eigenvalue weighted by molar-refractivity contribution is 0.00732. The molecule has 0 unspecified atom stereocenters. The zero-order chi connectivity index (χ0) is 24.5. The molecule has 180 valence electrons. The maximum absolute atomic E-state index is 12.5. The Morgan fingerprint density at radius 2 is 2.06 bits per heavy atom. The number of hydrogen-bond donors (Lipinski definition) is 2. The summed E-state index contributed by atoms with van der Waals surface area (Å²) in [6.07, 6.45) is 3.98. The van der Waals surface area contributed by atoms with Gasteiger partial charge in [-0.1, -0.05) is 0 Å². The number of ether oxygens (including phenoxy) is 2. The molecule has 4 rings (SSSR count). The summed E-state index contributed by atoms with van der Waals surface area (Å²) in [5.74, 6) is -0.150. The molecule has 10 nitrogen and oxygen atoms in total. The van der Waals surface area contributed by atoms with E-state index < -0.39 is 11.6 Å². The molecule has 0 aliphatic carbocycles. The molecule has 1 aliphatic heterocycles. The Morgan fingerprint density at radius 3 is 2.79 bits per heavy atom. The van der Waals surface area contributed by atoms with Gasteiger partial charge in [-0.05, 0) is 58.2 Å². The maximum Gasteiger partial charge on any atom is 0.410 e. The Hall–Kier alpha value is -3.47. The summed E-state index contributed by atoms with van der Waals surface area (Å²) in [7, 11) is 0. The van der Waals surface area contributed by atoms with Gasteiger partial charge in [0.15, 0.2) is 0 Å². The number of thiophene rings is 1. The van der Waals surface area contributed by atoms with Gasteiger partial charge < -0.3 is 24.8 Å². The maximum atomic E-state index is 12.5. The summed E-state index contributed by atoms with van der Waals surface area (Å²) in [5, 5.41) is 13.4. The van der Waals surface area contributed by atoms with Crippen LogP contribution in [0.2, 0.25) is 0 Å². The molecule has 3 aromatic rings. The molecule has 0 aromatic carbocycles. The standard InChI is InChI=1S/C23H27N5O5S/c1-13-16-18(25-12-26-20(16)34-17(13)21(29)30)27-15-8-5-9-24-19(15)32-14-7-6-10-28(11-14)22(31)33-23(2,3)4/h5,8-9,12,14H,6-7,10-11H2,1-4H3,(H,29,30)(H,25,26,27)/t14-/m0/s1. The van der Waals surface area contributed by atoms with Crippen LogP contribution in [0.25, 0.3) is 10.2 Å². The van der Waals surface area contributed by atoms with Crippen molar-refractivity contribution < 1.29 is 24.2 Å². The van der Waals surface area contributed by atoms with Crippen molar-refractivity contribution in [3.05, 3.63) is 35.1 Å². The fourth-order valence-electron chi connectivity index (χ4n) is 3.76. The van der Waals surface area contributed by atoms with Crippen LogP contribution in [-0.4, -0.2) is 61.8 Å². The highest BCUT2D eigenvalue weighted by Gasteiger charge is 2.29. The number of amides is 1. The topological polar surface area (TPSA) is 127 Å². The fraction of sp³-hybridized carbons (Fsp3) is 0.435. The van der Waals surface area contributed by atoms with Gasteiger partial charge in [-0.15, -0.1) is 11.3 Å². The van der Waals surface area contributed by atoms with Crippen LogP contribution in [-0.2, 0) is 4.74 Å². The number of carboxylic acids is 1. The lowest BCUT2D eigenvalue weighted by Crippen LogP contribution is -2.46. The SMILES string of the molecule is Cc1c(C(=O)O)sc2ncnc(Nc3cccnc3O[C@H]3CCCN(C(=O)OC(C)(C)C)C3)c12. The van der Waals surface area contributed by atoms with E-state index in [0.29, 0.717) is 46.3 Å². The number of pyridine rings is 1. The third-order valence-corrected chi connectivity index (χ3v) is 6.44. The van der Waals surface area contributed by atoms with Gasteiger partial charge in [0.05, 0.1) is 11.9 Å². The molecule has 3 aromatic heterocycles. The summed E-state index contributed by atoms with van der Waals surface area (Å²) in [6, 6.07) is 3.58.